The molecule has 1 aliphatic carbocycles. The molecule has 0 aliphatic heterocycles. The molecule has 1 heterocycles. The third-order valence-electron chi connectivity index (χ3n) is 4.05. The molecule has 0 fully saturated rings. The smallest absolute Gasteiger partial charge is 0.220 e. The van der Waals surface area contributed by atoms with Crippen molar-refractivity contribution in [2.75, 3.05) is 0 Å². The standard InChI is InChI=1S/C17H21N3O/c21-17(10-4-12-20-13-5-11-18-20)19-16-9-3-7-14-6-1-2-8-15(14)16/h1-2,5-6,8,11,13,16H,3-4,7,9-10,12H2,(H,19,21)/t16-/m1/s1. The number of nitrogens with one attached hydrogen (secondary N) is 1. The highest BCUT2D eigenvalue weighted by atomic mass is 16.1. The van der Waals surface area contributed by atoms with Crippen molar-refractivity contribution >= 4 is 5.91 Å². The Morgan fingerprint density at radius 3 is 3.10 bits per heavy atom. The number of rotatable bonds is 5. The fourth-order valence-corrected chi connectivity index (χ4v) is 3.00. The Morgan fingerprint density at radius 1 is 1.33 bits per heavy atom. The monoisotopic (exact) mass is 283 g/mol. The minimum absolute atomic E-state index is 0.142. The number of hydrogen-bond acceptors (Lipinski definition) is 2. The maximum absolute atomic E-state index is 12.1. The van der Waals surface area contributed by atoms with Crippen molar-refractivity contribution in [3.05, 3.63) is 53.9 Å². The number of nitrogens with zero attached hydrogens (tertiary/aromatic N) is 2. The molecule has 0 saturated heterocycles. The molecule has 21 heavy (non-hydrogen) atoms. The van der Waals surface area contributed by atoms with E-state index in [1.165, 1.54) is 11.1 Å². The summed E-state index contributed by atoms with van der Waals surface area (Å²) in [5.74, 6) is 0.142. The van der Waals surface area contributed by atoms with Crippen molar-refractivity contribution < 1.29 is 4.79 Å². The van der Waals surface area contributed by atoms with Crippen molar-refractivity contribution in [3.63, 3.8) is 0 Å². The van der Waals surface area contributed by atoms with E-state index in [4.69, 9.17) is 0 Å². The van der Waals surface area contributed by atoms with Gasteiger partial charge in [0, 0.05) is 25.4 Å². The topological polar surface area (TPSA) is 46.9 Å². The summed E-state index contributed by atoms with van der Waals surface area (Å²) in [7, 11) is 0. The number of carbonyl (C=O) groups is 1. The molecule has 2 aromatic rings. The lowest BCUT2D eigenvalue weighted by Gasteiger charge is -2.26. The Kier molecular flexibility index (Phi) is 4.34. The summed E-state index contributed by atoms with van der Waals surface area (Å²) in [4.78, 5) is 12.1. The molecule has 110 valence electrons. The molecule has 1 amide bonds. The van der Waals surface area contributed by atoms with E-state index in [1.54, 1.807) is 6.20 Å². The molecular weight excluding hydrogens is 262 g/mol. The van der Waals surface area contributed by atoms with Crippen LogP contribution >= 0.6 is 0 Å². The van der Waals surface area contributed by atoms with Gasteiger partial charge in [0.1, 0.15) is 0 Å². The zero-order valence-electron chi connectivity index (χ0n) is 12.2. The van der Waals surface area contributed by atoms with Crippen LogP contribution in [0.15, 0.2) is 42.7 Å². The lowest BCUT2D eigenvalue weighted by atomic mass is 9.87. The van der Waals surface area contributed by atoms with Gasteiger partial charge in [0.05, 0.1) is 6.04 Å². The zero-order chi connectivity index (χ0) is 14.5. The maximum Gasteiger partial charge on any atom is 0.220 e. The van der Waals surface area contributed by atoms with Gasteiger partial charge in [0.15, 0.2) is 0 Å². The second kappa shape index (κ2) is 6.57. The van der Waals surface area contributed by atoms with Crippen LogP contribution in [0.4, 0.5) is 0 Å². The first-order valence-electron chi connectivity index (χ1n) is 7.67. The Hall–Kier alpha value is -2.10. The van der Waals surface area contributed by atoms with E-state index < -0.39 is 0 Å². The highest BCUT2D eigenvalue weighted by Gasteiger charge is 2.20. The van der Waals surface area contributed by atoms with E-state index in [2.05, 4.69) is 34.7 Å². The van der Waals surface area contributed by atoms with E-state index >= 15 is 0 Å². The first-order chi connectivity index (χ1) is 10.3. The van der Waals surface area contributed by atoms with Crippen LogP contribution in [-0.2, 0) is 17.8 Å². The number of hydrogen-bond donors (Lipinski definition) is 1. The molecule has 1 aromatic carbocycles. The predicted molar refractivity (Wildman–Crippen MR) is 81.7 cm³/mol. The van der Waals surface area contributed by atoms with Crippen LogP contribution < -0.4 is 5.32 Å². The van der Waals surface area contributed by atoms with Crippen LogP contribution in [0.3, 0.4) is 0 Å². The maximum atomic E-state index is 12.1. The minimum Gasteiger partial charge on any atom is -0.349 e. The summed E-state index contributed by atoms with van der Waals surface area (Å²) in [6, 6.07) is 10.5. The zero-order valence-corrected chi connectivity index (χ0v) is 12.2. The van der Waals surface area contributed by atoms with Gasteiger partial charge in [-0.25, -0.2) is 0 Å². The van der Waals surface area contributed by atoms with Gasteiger partial charge in [-0.05, 0) is 42.9 Å². The fraction of sp³-hybridized carbons (Fsp3) is 0.412. The third kappa shape index (κ3) is 3.51. The molecule has 1 N–H and O–H groups in total. The van der Waals surface area contributed by atoms with Gasteiger partial charge in [0.25, 0.3) is 0 Å². The number of amides is 1. The average Bonchev–Trinajstić information content (AvgIpc) is 3.01. The largest absolute Gasteiger partial charge is 0.349 e. The van der Waals surface area contributed by atoms with Gasteiger partial charge in [-0.3, -0.25) is 9.48 Å². The molecule has 1 aromatic heterocycles. The third-order valence-corrected chi connectivity index (χ3v) is 4.05. The molecule has 3 rings (SSSR count). The van der Waals surface area contributed by atoms with Crippen molar-refractivity contribution in [2.45, 2.75) is 44.7 Å². The molecule has 0 radical (unpaired) electrons. The van der Waals surface area contributed by atoms with Gasteiger partial charge >= 0.3 is 0 Å². The molecule has 4 nitrogen and oxygen atoms in total. The number of aryl methyl sites for hydroxylation is 2. The van der Waals surface area contributed by atoms with E-state index in [-0.39, 0.29) is 11.9 Å². The van der Waals surface area contributed by atoms with Crippen LogP contribution in [0.2, 0.25) is 0 Å². The van der Waals surface area contributed by atoms with E-state index in [0.717, 1.165) is 32.2 Å². The fourth-order valence-electron chi connectivity index (χ4n) is 3.00. The molecule has 0 saturated carbocycles. The van der Waals surface area contributed by atoms with E-state index in [0.29, 0.717) is 6.42 Å². The van der Waals surface area contributed by atoms with Gasteiger partial charge in [-0.2, -0.15) is 5.10 Å². The molecular formula is C17H21N3O. The lowest BCUT2D eigenvalue weighted by Crippen LogP contribution is -2.30. The first kappa shape index (κ1) is 13.9. The van der Waals surface area contributed by atoms with Crippen LogP contribution in [0.25, 0.3) is 0 Å². The first-order valence-corrected chi connectivity index (χ1v) is 7.67. The second-order valence-corrected chi connectivity index (χ2v) is 5.58. The van der Waals surface area contributed by atoms with Crippen molar-refractivity contribution in [3.8, 4) is 0 Å². The Balaban J connectivity index is 1.51. The van der Waals surface area contributed by atoms with Gasteiger partial charge in [-0.1, -0.05) is 24.3 Å². The SMILES string of the molecule is O=C(CCCn1cccn1)N[C@@H]1CCCc2ccccc21. The summed E-state index contributed by atoms with van der Waals surface area (Å²) < 4.78 is 1.86. The van der Waals surface area contributed by atoms with Gasteiger partial charge in [0.2, 0.25) is 5.91 Å². The highest BCUT2D eigenvalue weighted by Crippen LogP contribution is 2.29. The summed E-state index contributed by atoms with van der Waals surface area (Å²) >= 11 is 0. The summed E-state index contributed by atoms with van der Waals surface area (Å²) in [6.45, 7) is 0.793. The van der Waals surface area contributed by atoms with Gasteiger partial charge in [-0.15, -0.1) is 0 Å². The Bertz CT molecular complexity index is 592. The van der Waals surface area contributed by atoms with Crippen LogP contribution in [-0.4, -0.2) is 15.7 Å². The molecule has 0 spiro atoms. The number of fused-ring (bicyclic) bond motifs is 1. The number of carbonyl (C=O) groups excluding carboxylic acids is 1. The van der Waals surface area contributed by atoms with Crippen molar-refractivity contribution in [1.82, 2.24) is 15.1 Å². The number of aromatic nitrogens is 2. The average molecular weight is 283 g/mol. The molecule has 0 bridgehead atoms. The summed E-state index contributed by atoms with van der Waals surface area (Å²) in [6.07, 6.45) is 8.38. The van der Waals surface area contributed by atoms with Crippen LogP contribution in [0.1, 0.15) is 42.9 Å². The van der Waals surface area contributed by atoms with Crippen molar-refractivity contribution in [1.29, 1.82) is 0 Å². The number of benzene rings is 1. The second-order valence-electron chi connectivity index (χ2n) is 5.58. The van der Waals surface area contributed by atoms with Crippen LogP contribution in [0.5, 0.6) is 0 Å². The molecule has 1 atom stereocenters. The molecule has 0 unspecified atom stereocenters. The molecule has 1 aliphatic rings. The lowest BCUT2D eigenvalue weighted by molar-refractivity contribution is -0.122. The Labute approximate surface area is 125 Å². The van der Waals surface area contributed by atoms with Crippen LogP contribution in [0, 0.1) is 0 Å². The Morgan fingerprint density at radius 2 is 2.24 bits per heavy atom. The quantitative estimate of drug-likeness (QED) is 0.917. The van der Waals surface area contributed by atoms with Crippen molar-refractivity contribution in [2.24, 2.45) is 0 Å². The minimum atomic E-state index is 0.142. The van der Waals surface area contributed by atoms with Gasteiger partial charge < -0.3 is 5.32 Å². The summed E-state index contributed by atoms with van der Waals surface area (Å²) in [5, 5.41) is 7.33. The van der Waals surface area contributed by atoms with E-state index in [1.807, 2.05) is 16.9 Å². The highest BCUT2D eigenvalue weighted by molar-refractivity contribution is 5.76. The normalized spacial score (nSPS) is 17.2. The predicted octanol–water partition coefficient (Wildman–Crippen LogP) is 2.86. The summed E-state index contributed by atoms with van der Waals surface area (Å²) in [5.41, 5.74) is 2.68. The molecule has 4 heteroatoms. The van der Waals surface area contributed by atoms with E-state index in [9.17, 15) is 4.79 Å².